The molecule has 6 heteroatoms. The number of nitrogens with one attached hydrogen (secondary N) is 1. The van der Waals surface area contributed by atoms with Gasteiger partial charge in [-0.25, -0.2) is 9.97 Å². The predicted molar refractivity (Wildman–Crippen MR) is 105 cm³/mol. The molecule has 0 aliphatic heterocycles. The van der Waals surface area contributed by atoms with E-state index in [9.17, 15) is 0 Å². The maximum Gasteiger partial charge on any atom is 0.146 e. The van der Waals surface area contributed by atoms with Crippen molar-refractivity contribution in [2.75, 3.05) is 19.5 Å². The van der Waals surface area contributed by atoms with E-state index in [0.717, 1.165) is 18.0 Å². The van der Waals surface area contributed by atoms with E-state index in [1.807, 2.05) is 49.5 Å². The van der Waals surface area contributed by atoms with E-state index >= 15 is 0 Å². The summed E-state index contributed by atoms with van der Waals surface area (Å²) in [6, 6.07) is 19.7. The second kappa shape index (κ2) is 8.65. The summed E-state index contributed by atoms with van der Waals surface area (Å²) in [5.74, 6) is 2.10. The smallest absolute Gasteiger partial charge is 0.146 e. The number of ether oxygens (including phenoxy) is 1. The van der Waals surface area contributed by atoms with Gasteiger partial charge in [0.05, 0.1) is 13.7 Å². The van der Waals surface area contributed by atoms with Crippen LogP contribution in [0.2, 0.25) is 5.15 Å². The third kappa shape index (κ3) is 5.18. The van der Waals surface area contributed by atoms with Crippen molar-refractivity contribution in [3.05, 3.63) is 77.2 Å². The molecule has 134 valence electrons. The Labute approximate surface area is 158 Å². The van der Waals surface area contributed by atoms with Crippen LogP contribution >= 0.6 is 11.6 Å². The standard InChI is InChI=1S/C20H21ClN4O/c1-25(13-15-7-4-3-5-8-15)14-20-23-18(21)12-19(24-20)22-16-9-6-10-17(11-16)26-2/h3-12H,13-14H2,1-2H3,(H,22,23,24). The first-order valence-corrected chi connectivity index (χ1v) is 8.67. The molecule has 0 fully saturated rings. The van der Waals surface area contributed by atoms with Gasteiger partial charge in [-0.1, -0.05) is 48.0 Å². The van der Waals surface area contributed by atoms with Gasteiger partial charge in [-0.2, -0.15) is 0 Å². The molecular formula is C20H21ClN4O. The second-order valence-corrected chi connectivity index (χ2v) is 6.39. The van der Waals surface area contributed by atoms with E-state index in [4.69, 9.17) is 16.3 Å². The molecule has 0 aliphatic rings. The fraction of sp³-hybridized carbons (Fsp3) is 0.200. The molecule has 0 saturated carbocycles. The molecule has 26 heavy (non-hydrogen) atoms. The summed E-state index contributed by atoms with van der Waals surface area (Å²) in [5, 5.41) is 3.66. The number of hydrogen-bond donors (Lipinski definition) is 1. The van der Waals surface area contributed by atoms with E-state index < -0.39 is 0 Å². The molecule has 0 radical (unpaired) electrons. The fourth-order valence-corrected chi connectivity index (χ4v) is 2.84. The Morgan fingerprint density at radius 2 is 1.81 bits per heavy atom. The number of benzene rings is 2. The predicted octanol–water partition coefficient (Wildman–Crippen LogP) is 4.51. The second-order valence-electron chi connectivity index (χ2n) is 6.01. The lowest BCUT2D eigenvalue weighted by atomic mass is 10.2. The van der Waals surface area contributed by atoms with Crippen LogP contribution in [0.25, 0.3) is 0 Å². The molecule has 0 saturated heterocycles. The summed E-state index contributed by atoms with van der Waals surface area (Å²) in [4.78, 5) is 11.1. The zero-order valence-electron chi connectivity index (χ0n) is 14.8. The number of nitrogens with zero attached hydrogens (tertiary/aromatic N) is 3. The highest BCUT2D eigenvalue weighted by Crippen LogP contribution is 2.22. The van der Waals surface area contributed by atoms with Gasteiger partial charge in [-0.15, -0.1) is 0 Å². The van der Waals surface area contributed by atoms with Crippen molar-refractivity contribution >= 4 is 23.1 Å². The van der Waals surface area contributed by atoms with Crippen molar-refractivity contribution < 1.29 is 4.74 Å². The van der Waals surface area contributed by atoms with Gasteiger partial charge in [-0.05, 0) is 24.7 Å². The van der Waals surface area contributed by atoms with E-state index in [-0.39, 0.29) is 0 Å². The number of anilines is 2. The SMILES string of the molecule is COc1cccc(Nc2cc(Cl)nc(CN(C)Cc3ccccc3)n2)c1. The Bertz CT molecular complexity index is 857. The summed E-state index contributed by atoms with van der Waals surface area (Å²) >= 11 is 6.18. The van der Waals surface area contributed by atoms with Crippen molar-refractivity contribution in [1.29, 1.82) is 0 Å². The Morgan fingerprint density at radius 3 is 2.58 bits per heavy atom. The molecule has 2 aromatic carbocycles. The van der Waals surface area contributed by atoms with E-state index in [0.29, 0.717) is 23.3 Å². The summed E-state index contributed by atoms with van der Waals surface area (Å²) in [6.07, 6.45) is 0. The average molecular weight is 369 g/mol. The minimum atomic E-state index is 0.411. The summed E-state index contributed by atoms with van der Waals surface area (Å²) in [5.41, 5.74) is 2.12. The molecule has 0 atom stereocenters. The van der Waals surface area contributed by atoms with Crippen molar-refractivity contribution in [2.24, 2.45) is 0 Å². The van der Waals surface area contributed by atoms with Gasteiger partial charge >= 0.3 is 0 Å². The number of aromatic nitrogens is 2. The lowest BCUT2D eigenvalue weighted by Crippen LogP contribution is -2.19. The molecular weight excluding hydrogens is 348 g/mol. The van der Waals surface area contributed by atoms with Crippen LogP contribution in [0, 0.1) is 0 Å². The maximum atomic E-state index is 6.18. The van der Waals surface area contributed by atoms with Gasteiger partial charge in [0.15, 0.2) is 0 Å². The van der Waals surface area contributed by atoms with Crippen LogP contribution in [0.5, 0.6) is 5.75 Å². The fourth-order valence-electron chi connectivity index (χ4n) is 2.64. The van der Waals surface area contributed by atoms with E-state index in [1.54, 1.807) is 13.2 Å². The van der Waals surface area contributed by atoms with Gasteiger partial charge in [-0.3, -0.25) is 4.90 Å². The molecule has 3 aromatic rings. The van der Waals surface area contributed by atoms with Gasteiger partial charge in [0.25, 0.3) is 0 Å². The normalized spacial score (nSPS) is 10.8. The first kappa shape index (κ1) is 18.2. The minimum absolute atomic E-state index is 0.411. The Kier molecular flexibility index (Phi) is 6.04. The van der Waals surface area contributed by atoms with Crippen LogP contribution in [-0.2, 0) is 13.1 Å². The molecule has 1 aromatic heterocycles. The zero-order valence-corrected chi connectivity index (χ0v) is 15.6. The van der Waals surface area contributed by atoms with Gasteiger partial charge in [0.1, 0.15) is 22.5 Å². The number of hydrogen-bond acceptors (Lipinski definition) is 5. The Morgan fingerprint density at radius 1 is 1.00 bits per heavy atom. The first-order chi connectivity index (χ1) is 12.6. The third-order valence-electron chi connectivity index (χ3n) is 3.79. The summed E-state index contributed by atoms with van der Waals surface area (Å²) in [7, 11) is 3.67. The zero-order chi connectivity index (χ0) is 18.4. The van der Waals surface area contributed by atoms with Crippen LogP contribution in [0.15, 0.2) is 60.7 Å². The van der Waals surface area contributed by atoms with Crippen LogP contribution in [-0.4, -0.2) is 29.0 Å². The van der Waals surface area contributed by atoms with Crippen LogP contribution < -0.4 is 10.1 Å². The molecule has 0 aliphatic carbocycles. The van der Waals surface area contributed by atoms with Crippen LogP contribution in [0.4, 0.5) is 11.5 Å². The van der Waals surface area contributed by atoms with Gasteiger partial charge in [0, 0.05) is 24.4 Å². The van der Waals surface area contributed by atoms with E-state index in [1.165, 1.54) is 5.56 Å². The molecule has 5 nitrogen and oxygen atoms in total. The number of halogens is 1. The van der Waals surface area contributed by atoms with Crippen molar-refractivity contribution in [3.8, 4) is 5.75 Å². The first-order valence-electron chi connectivity index (χ1n) is 8.29. The van der Waals surface area contributed by atoms with Crippen molar-refractivity contribution in [1.82, 2.24) is 14.9 Å². The van der Waals surface area contributed by atoms with Crippen molar-refractivity contribution in [3.63, 3.8) is 0 Å². The molecule has 0 amide bonds. The largest absolute Gasteiger partial charge is 0.497 e. The maximum absolute atomic E-state index is 6.18. The molecule has 0 unspecified atom stereocenters. The number of methoxy groups -OCH3 is 1. The van der Waals surface area contributed by atoms with Gasteiger partial charge < -0.3 is 10.1 Å². The molecule has 0 spiro atoms. The molecule has 0 bridgehead atoms. The monoisotopic (exact) mass is 368 g/mol. The topological polar surface area (TPSA) is 50.3 Å². The Balaban J connectivity index is 1.70. The molecule has 3 rings (SSSR count). The summed E-state index contributed by atoms with van der Waals surface area (Å²) in [6.45, 7) is 1.41. The third-order valence-corrected chi connectivity index (χ3v) is 3.98. The van der Waals surface area contributed by atoms with Gasteiger partial charge in [0.2, 0.25) is 0 Å². The minimum Gasteiger partial charge on any atom is -0.497 e. The lowest BCUT2D eigenvalue weighted by Gasteiger charge is -2.16. The van der Waals surface area contributed by atoms with Crippen LogP contribution in [0.1, 0.15) is 11.4 Å². The highest BCUT2D eigenvalue weighted by Gasteiger charge is 2.08. The van der Waals surface area contributed by atoms with Crippen LogP contribution in [0.3, 0.4) is 0 Å². The molecule has 1 heterocycles. The molecule has 1 N–H and O–H groups in total. The highest BCUT2D eigenvalue weighted by molar-refractivity contribution is 6.29. The highest BCUT2D eigenvalue weighted by atomic mass is 35.5. The Hall–Kier alpha value is -2.63. The average Bonchev–Trinajstić information content (AvgIpc) is 2.62. The quantitative estimate of drug-likeness (QED) is 0.621. The number of rotatable bonds is 7. The lowest BCUT2D eigenvalue weighted by molar-refractivity contribution is 0.311. The summed E-state index contributed by atoms with van der Waals surface area (Å²) < 4.78 is 5.24. The van der Waals surface area contributed by atoms with E-state index in [2.05, 4.69) is 32.3 Å². The van der Waals surface area contributed by atoms with Crippen molar-refractivity contribution in [2.45, 2.75) is 13.1 Å².